The van der Waals surface area contributed by atoms with Crippen LogP contribution in [0.25, 0.3) is 0 Å². The molecule has 0 bridgehead atoms. The summed E-state index contributed by atoms with van der Waals surface area (Å²) in [5.74, 6) is -0.240. The van der Waals surface area contributed by atoms with Crippen molar-refractivity contribution in [1.82, 2.24) is 4.90 Å². The quantitative estimate of drug-likeness (QED) is 0.661. The summed E-state index contributed by atoms with van der Waals surface area (Å²) in [5, 5.41) is -0.219. The summed E-state index contributed by atoms with van der Waals surface area (Å²) in [4.78, 5) is 34.4. The highest BCUT2D eigenvalue weighted by atomic mass is 32.2. The zero-order chi connectivity index (χ0) is 11.3. The van der Waals surface area contributed by atoms with E-state index >= 15 is 0 Å². The number of nitrogens with zero attached hydrogens (tertiary/aromatic N) is 1. The molecule has 1 aliphatic rings. The maximum Gasteiger partial charge on any atom is 0.305 e. The third kappa shape index (κ3) is 3.54. The Morgan fingerprint density at radius 3 is 2.80 bits per heavy atom. The van der Waals surface area contributed by atoms with Gasteiger partial charge in [-0.3, -0.25) is 19.3 Å². The van der Waals surface area contributed by atoms with Crippen molar-refractivity contribution in [2.24, 2.45) is 0 Å². The highest BCUT2D eigenvalue weighted by Gasteiger charge is 2.29. The Kier molecular flexibility index (Phi) is 4.61. The predicted molar refractivity (Wildman–Crippen MR) is 55.4 cm³/mol. The molecule has 0 unspecified atom stereocenters. The minimum atomic E-state index is -0.288. The van der Waals surface area contributed by atoms with E-state index in [0.717, 1.165) is 11.8 Å². The van der Waals surface area contributed by atoms with E-state index in [0.29, 0.717) is 19.6 Å². The van der Waals surface area contributed by atoms with E-state index in [1.54, 1.807) is 6.92 Å². The minimum Gasteiger partial charge on any atom is -0.466 e. The Morgan fingerprint density at radius 2 is 2.27 bits per heavy atom. The Bertz CT molecular complexity index is 263. The summed E-state index contributed by atoms with van der Waals surface area (Å²) in [5.41, 5.74) is 0. The molecule has 0 aromatic heterocycles. The molecule has 0 aromatic rings. The number of carbonyl (C=O) groups excluding carboxylic acids is 3. The lowest BCUT2D eigenvalue weighted by Gasteiger charge is -2.11. The summed E-state index contributed by atoms with van der Waals surface area (Å²) in [7, 11) is 0. The first-order valence-electron chi connectivity index (χ1n) is 4.78. The summed E-state index contributed by atoms with van der Waals surface area (Å²) in [6.45, 7) is 2.40. The van der Waals surface area contributed by atoms with Crippen LogP contribution in [0.4, 0.5) is 4.79 Å². The molecule has 1 aliphatic heterocycles. The van der Waals surface area contributed by atoms with E-state index < -0.39 is 0 Å². The van der Waals surface area contributed by atoms with Crippen LogP contribution in [0, 0.1) is 0 Å². The summed E-state index contributed by atoms with van der Waals surface area (Å²) >= 11 is 1.00. The van der Waals surface area contributed by atoms with E-state index in [9.17, 15) is 14.4 Å². The Labute approximate surface area is 92.1 Å². The molecule has 5 nitrogen and oxygen atoms in total. The van der Waals surface area contributed by atoms with Crippen molar-refractivity contribution in [3.05, 3.63) is 0 Å². The fourth-order valence-electron chi connectivity index (χ4n) is 1.21. The van der Waals surface area contributed by atoms with Gasteiger partial charge in [0, 0.05) is 13.0 Å². The van der Waals surface area contributed by atoms with Crippen LogP contribution in [0.1, 0.15) is 19.8 Å². The van der Waals surface area contributed by atoms with Gasteiger partial charge in [0.2, 0.25) is 5.91 Å². The molecule has 15 heavy (non-hydrogen) atoms. The lowest BCUT2D eigenvalue weighted by molar-refractivity contribution is -0.143. The summed E-state index contributed by atoms with van der Waals surface area (Å²) in [6, 6.07) is 0. The maximum absolute atomic E-state index is 11.2. The normalized spacial score (nSPS) is 15.9. The number of ether oxygens (including phenoxy) is 1. The molecule has 84 valence electrons. The average molecular weight is 231 g/mol. The van der Waals surface area contributed by atoms with Crippen LogP contribution in [0.15, 0.2) is 0 Å². The molecule has 1 saturated heterocycles. The molecule has 1 heterocycles. The van der Waals surface area contributed by atoms with Crippen LogP contribution in [0.3, 0.4) is 0 Å². The van der Waals surface area contributed by atoms with Crippen LogP contribution < -0.4 is 0 Å². The first kappa shape index (κ1) is 12.0. The van der Waals surface area contributed by atoms with Gasteiger partial charge in [-0.2, -0.15) is 0 Å². The smallest absolute Gasteiger partial charge is 0.305 e. The molecule has 0 spiro atoms. The molecule has 1 fully saturated rings. The van der Waals surface area contributed by atoms with Crippen molar-refractivity contribution in [2.75, 3.05) is 18.9 Å². The molecule has 0 aliphatic carbocycles. The van der Waals surface area contributed by atoms with Crippen LogP contribution in [0.2, 0.25) is 0 Å². The van der Waals surface area contributed by atoms with E-state index in [2.05, 4.69) is 0 Å². The highest BCUT2D eigenvalue weighted by molar-refractivity contribution is 8.14. The van der Waals surface area contributed by atoms with Crippen LogP contribution >= 0.6 is 11.8 Å². The van der Waals surface area contributed by atoms with Gasteiger partial charge in [-0.15, -0.1) is 0 Å². The number of amides is 2. The van der Waals surface area contributed by atoms with Gasteiger partial charge in [0.05, 0.1) is 12.4 Å². The predicted octanol–water partition coefficient (Wildman–Crippen LogP) is 1.03. The van der Waals surface area contributed by atoms with Crippen molar-refractivity contribution < 1.29 is 19.1 Å². The van der Waals surface area contributed by atoms with Crippen molar-refractivity contribution in [1.29, 1.82) is 0 Å². The Balaban J connectivity index is 2.22. The number of esters is 1. The third-order valence-electron chi connectivity index (χ3n) is 1.91. The van der Waals surface area contributed by atoms with Gasteiger partial charge in [0.25, 0.3) is 5.24 Å². The number of hydrogen-bond donors (Lipinski definition) is 0. The van der Waals surface area contributed by atoms with Crippen molar-refractivity contribution >= 4 is 28.9 Å². The van der Waals surface area contributed by atoms with Gasteiger partial charge in [-0.1, -0.05) is 11.8 Å². The van der Waals surface area contributed by atoms with Gasteiger partial charge in [0.15, 0.2) is 0 Å². The molecule has 0 saturated carbocycles. The topological polar surface area (TPSA) is 63.7 Å². The van der Waals surface area contributed by atoms with Crippen LogP contribution in [0.5, 0.6) is 0 Å². The lowest BCUT2D eigenvalue weighted by Crippen LogP contribution is -2.29. The van der Waals surface area contributed by atoms with Gasteiger partial charge < -0.3 is 4.74 Å². The second-order valence-electron chi connectivity index (χ2n) is 3.01. The number of thioether (sulfide) groups is 1. The van der Waals surface area contributed by atoms with Crippen LogP contribution in [-0.4, -0.2) is 40.9 Å². The molecule has 2 amide bonds. The molecular formula is C9H13NO4S. The van der Waals surface area contributed by atoms with Crippen molar-refractivity contribution in [3.8, 4) is 0 Å². The second-order valence-corrected chi connectivity index (χ2v) is 3.94. The average Bonchev–Trinajstić information content (AvgIpc) is 2.49. The molecule has 0 radical (unpaired) electrons. The minimum absolute atomic E-state index is 0.172. The maximum atomic E-state index is 11.2. The zero-order valence-electron chi connectivity index (χ0n) is 8.52. The standard InChI is InChI=1S/C9H13NO4S/c1-2-14-8(12)4-3-5-10-7(11)6-15-9(10)13/h2-6H2,1H3. The van der Waals surface area contributed by atoms with Gasteiger partial charge in [-0.25, -0.2) is 0 Å². The summed E-state index contributed by atoms with van der Waals surface area (Å²) in [6.07, 6.45) is 0.715. The molecule has 6 heteroatoms. The zero-order valence-corrected chi connectivity index (χ0v) is 9.34. The largest absolute Gasteiger partial charge is 0.466 e. The Morgan fingerprint density at radius 1 is 1.53 bits per heavy atom. The SMILES string of the molecule is CCOC(=O)CCCN1C(=O)CSC1=O. The number of hydrogen-bond acceptors (Lipinski definition) is 5. The molecule has 0 atom stereocenters. The monoisotopic (exact) mass is 231 g/mol. The third-order valence-corrected chi connectivity index (χ3v) is 2.77. The first-order valence-corrected chi connectivity index (χ1v) is 5.76. The number of carbonyl (C=O) groups is 3. The van der Waals surface area contributed by atoms with Crippen molar-refractivity contribution in [2.45, 2.75) is 19.8 Å². The molecule has 0 aromatic carbocycles. The second kappa shape index (κ2) is 5.75. The fourth-order valence-corrected chi connectivity index (χ4v) is 1.96. The van der Waals surface area contributed by atoms with E-state index in [1.165, 1.54) is 4.90 Å². The van der Waals surface area contributed by atoms with Gasteiger partial charge in [0.1, 0.15) is 0 Å². The van der Waals surface area contributed by atoms with Gasteiger partial charge >= 0.3 is 5.97 Å². The number of imide groups is 1. The van der Waals surface area contributed by atoms with E-state index in [4.69, 9.17) is 4.74 Å². The van der Waals surface area contributed by atoms with E-state index in [1.807, 2.05) is 0 Å². The highest BCUT2D eigenvalue weighted by Crippen LogP contribution is 2.18. The molecular weight excluding hydrogens is 218 g/mol. The van der Waals surface area contributed by atoms with Crippen LogP contribution in [-0.2, 0) is 14.3 Å². The van der Waals surface area contributed by atoms with Gasteiger partial charge in [-0.05, 0) is 13.3 Å². The van der Waals surface area contributed by atoms with E-state index in [-0.39, 0.29) is 29.3 Å². The first-order chi connectivity index (χ1) is 7.15. The fraction of sp³-hybridized carbons (Fsp3) is 0.667. The lowest BCUT2D eigenvalue weighted by atomic mass is 10.3. The summed E-state index contributed by atoms with van der Waals surface area (Å²) < 4.78 is 4.73. The Hall–Kier alpha value is -1.04. The molecule has 1 rings (SSSR count). The molecule has 0 N–H and O–H groups in total. The van der Waals surface area contributed by atoms with Crippen molar-refractivity contribution in [3.63, 3.8) is 0 Å². The number of rotatable bonds is 5.